The van der Waals surface area contributed by atoms with E-state index >= 15 is 0 Å². The van der Waals surface area contributed by atoms with Gasteiger partial charge in [0.2, 0.25) is 0 Å². The minimum atomic E-state index is -0.889. The molecule has 0 fully saturated rings. The van der Waals surface area contributed by atoms with Crippen LogP contribution in [0.15, 0.2) is 0 Å². The van der Waals surface area contributed by atoms with Gasteiger partial charge in [-0.3, -0.25) is 9.69 Å². The maximum Gasteiger partial charge on any atom is 0.320 e. The van der Waals surface area contributed by atoms with Crippen molar-refractivity contribution in [3.05, 3.63) is 0 Å². The minimum Gasteiger partial charge on any atom is -0.480 e. The van der Waals surface area contributed by atoms with Crippen molar-refractivity contribution < 1.29 is 20.1 Å². The molecule has 0 radical (unpaired) electrons. The summed E-state index contributed by atoms with van der Waals surface area (Å²) in [5.41, 5.74) is 0. The maximum absolute atomic E-state index is 11.2. The first kappa shape index (κ1) is 16.4. The fourth-order valence-corrected chi connectivity index (χ4v) is 1.87. The second kappa shape index (κ2) is 8.44. The molecule has 0 aliphatic heterocycles. The second-order valence-corrected chi connectivity index (χ2v) is 4.65. The Morgan fingerprint density at radius 3 is 1.94 bits per heavy atom. The van der Waals surface area contributed by atoms with Gasteiger partial charge in [0.25, 0.3) is 0 Å². The average Bonchev–Trinajstić information content (AvgIpc) is 2.15. The van der Waals surface area contributed by atoms with E-state index in [0.717, 1.165) is 12.8 Å². The molecule has 3 atom stereocenters. The number of rotatable bonds is 9. The number of aliphatic hydroxyl groups excluding tert-OH is 2. The summed E-state index contributed by atoms with van der Waals surface area (Å²) < 4.78 is 0. The van der Waals surface area contributed by atoms with Gasteiger partial charge in [-0.2, -0.15) is 0 Å². The van der Waals surface area contributed by atoms with Crippen LogP contribution in [0.4, 0.5) is 0 Å². The van der Waals surface area contributed by atoms with Gasteiger partial charge in [-0.25, -0.2) is 0 Å². The molecule has 0 aromatic rings. The van der Waals surface area contributed by atoms with Crippen molar-refractivity contribution in [3.63, 3.8) is 0 Å². The van der Waals surface area contributed by atoms with Gasteiger partial charge in [-0.05, 0) is 20.3 Å². The first-order chi connectivity index (χ1) is 7.88. The van der Waals surface area contributed by atoms with Crippen LogP contribution in [0.5, 0.6) is 0 Å². The lowest BCUT2D eigenvalue weighted by Gasteiger charge is -2.30. The zero-order chi connectivity index (χ0) is 13.4. The highest BCUT2D eigenvalue weighted by Gasteiger charge is 2.26. The topological polar surface area (TPSA) is 81.0 Å². The third kappa shape index (κ3) is 7.31. The lowest BCUT2D eigenvalue weighted by atomic mass is 10.1. The largest absolute Gasteiger partial charge is 0.480 e. The molecule has 5 nitrogen and oxygen atoms in total. The van der Waals surface area contributed by atoms with E-state index < -0.39 is 24.2 Å². The molecule has 0 saturated heterocycles. The van der Waals surface area contributed by atoms with Crippen molar-refractivity contribution in [3.8, 4) is 0 Å². The summed E-state index contributed by atoms with van der Waals surface area (Å²) in [6.07, 6.45) is 1.11. The van der Waals surface area contributed by atoms with Gasteiger partial charge >= 0.3 is 5.97 Å². The monoisotopic (exact) mass is 247 g/mol. The molecule has 102 valence electrons. The summed E-state index contributed by atoms with van der Waals surface area (Å²) in [4.78, 5) is 12.9. The van der Waals surface area contributed by atoms with Gasteiger partial charge in [-0.15, -0.1) is 0 Å². The van der Waals surface area contributed by atoms with Gasteiger partial charge in [0, 0.05) is 13.1 Å². The smallest absolute Gasteiger partial charge is 0.320 e. The van der Waals surface area contributed by atoms with Crippen LogP contribution >= 0.6 is 0 Å². The van der Waals surface area contributed by atoms with Crippen molar-refractivity contribution in [2.75, 3.05) is 13.1 Å². The molecular formula is C12H25NO4. The quantitative estimate of drug-likeness (QED) is 0.558. The Hall–Kier alpha value is -0.650. The normalized spacial score (nSPS) is 16.8. The van der Waals surface area contributed by atoms with Crippen LogP contribution in [0.25, 0.3) is 0 Å². The Morgan fingerprint density at radius 1 is 1.18 bits per heavy atom. The van der Waals surface area contributed by atoms with Crippen LogP contribution < -0.4 is 0 Å². The Balaban J connectivity index is 4.60. The molecule has 0 aromatic carbocycles. The Kier molecular flexibility index (Phi) is 8.12. The summed E-state index contributed by atoms with van der Waals surface area (Å²) in [7, 11) is 0. The van der Waals surface area contributed by atoms with Gasteiger partial charge in [-0.1, -0.05) is 19.8 Å². The maximum atomic E-state index is 11.2. The molecular weight excluding hydrogens is 222 g/mol. The van der Waals surface area contributed by atoms with Crippen LogP contribution in [0.2, 0.25) is 0 Å². The SMILES string of the molecule is CCCCC(C(=O)O)N(CC(C)O)CC(C)O. The number of hydrogen-bond acceptors (Lipinski definition) is 4. The Labute approximate surface area is 103 Å². The second-order valence-electron chi connectivity index (χ2n) is 4.65. The van der Waals surface area contributed by atoms with Gasteiger partial charge in [0.15, 0.2) is 0 Å². The van der Waals surface area contributed by atoms with Gasteiger partial charge < -0.3 is 15.3 Å². The third-order valence-electron chi connectivity index (χ3n) is 2.55. The molecule has 0 saturated carbocycles. The molecule has 0 bridgehead atoms. The Bertz CT molecular complexity index is 209. The Morgan fingerprint density at radius 2 is 1.65 bits per heavy atom. The third-order valence-corrected chi connectivity index (χ3v) is 2.55. The van der Waals surface area contributed by atoms with Crippen molar-refractivity contribution in [1.29, 1.82) is 0 Å². The van der Waals surface area contributed by atoms with Crippen LogP contribution in [0.3, 0.4) is 0 Å². The summed E-state index contributed by atoms with van der Waals surface area (Å²) in [6.45, 7) is 5.78. The molecule has 5 heteroatoms. The minimum absolute atomic E-state index is 0.269. The summed E-state index contributed by atoms with van der Waals surface area (Å²) in [5.74, 6) is -0.889. The van der Waals surface area contributed by atoms with Crippen molar-refractivity contribution >= 4 is 5.97 Å². The highest BCUT2D eigenvalue weighted by atomic mass is 16.4. The highest BCUT2D eigenvalue weighted by molar-refractivity contribution is 5.73. The van der Waals surface area contributed by atoms with Crippen LogP contribution in [-0.4, -0.2) is 57.5 Å². The molecule has 0 aliphatic carbocycles. The first-order valence-corrected chi connectivity index (χ1v) is 6.21. The number of hydrogen-bond donors (Lipinski definition) is 3. The van der Waals surface area contributed by atoms with Crippen molar-refractivity contribution in [1.82, 2.24) is 4.90 Å². The van der Waals surface area contributed by atoms with E-state index in [0.29, 0.717) is 6.42 Å². The summed E-state index contributed by atoms with van der Waals surface area (Å²) in [5, 5.41) is 27.9. The predicted octanol–water partition coefficient (Wildman–Crippen LogP) is 0.693. The molecule has 0 heterocycles. The first-order valence-electron chi connectivity index (χ1n) is 6.21. The van der Waals surface area contributed by atoms with E-state index in [4.69, 9.17) is 0 Å². The predicted molar refractivity (Wildman–Crippen MR) is 65.9 cm³/mol. The van der Waals surface area contributed by atoms with E-state index in [1.165, 1.54) is 0 Å². The zero-order valence-corrected chi connectivity index (χ0v) is 11.0. The number of aliphatic carboxylic acids is 1. The highest BCUT2D eigenvalue weighted by Crippen LogP contribution is 2.11. The fourth-order valence-electron chi connectivity index (χ4n) is 1.87. The molecule has 3 unspecified atom stereocenters. The average molecular weight is 247 g/mol. The van der Waals surface area contributed by atoms with E-state index in [1.807, 2.05) is 6.92 Å². The number of carbonyl (C=O) groups is 1. The van der Waals surface area contributed by atoms with E-state index in [9.17, 15) is 20.1 Å². The molecule has 3 N–H and O–H groups in total. The van der Waals surface area contributed by atoms with Gasteiger partial charge in [0.1, 0.15) is 6.04 Å². The summed E-state index contributed by atoms with van der Waals surface area (Å²) >= 11 is 0. The molecule has 17 heavy (non-hydrogen) atoms. The number of aliphatic hydroxyl groups is 2. The van der Waals surface area contributed by atoms with Crippen LogP contribution in [-0.2, 0) is 4.79 Å². The van der Waals surface area contributed by atoms with Crippen LogP contribution in [0.1, 0.15) is 40.0 Å². The van der Waals surface area contributed by atoms with E-state index in [-0.39, 0.29) is 13.1 Å². The zero-order valence-electron chi connectivity index (χ0n) is 11.0. The fraction of sp³-hybridized carbons (Fsp3) is 0.917. The number of carboxylic acid groups (broad SMARTS) is 1. The molecule has 0 aromatic heterocycles. The van der Waals surface area contributed by atoms with E-state index in [1.54, 1.807) is 18.7 Å². The molecule has 0 rings (SSSR count). The van der Waals surface area contributed by atoms with Crippen molar-refractivity contribution in [2.24, 2.45) is 0 Å². The molecule has 0 amide bonds. The molecule has 0 spiro atoms. The number of unbranched alkanes of at least 4 members (excludes halogenated alkanes) is 1. The van der Waals surface area contributed by atoms with E-state index in [2.05, 4.69) is 0 Å². The number of carboxylic acids is 1. The van der Waals surface area contributed by atoms with Crippen molar-refractivity contribution in [2.45, 2.75) is 58.3 Å². The van der Waals surface area contributed by atoms with Gasteiger partial charge in [0.05, 0.1) is 12.2 Å². The lowest BCUT2D eigenvalue weighted by molar-refractivity contribution is -0.144. The lowest BCUT2D eigenvalue weighted by Crippen LogP contribution is -2.47. The van der Waals surface area contributed by atoms with Crippen LogP contribution in [0, 0.1) is 0 Å². The standard InChI is InChI=1S/C12H25NO4/c1-4-5-6-11(12(16)17)13(7-9(2)14)8-10(3)15/h9-11,14-15H,4-8H2,1-3H3,(H,16,17). The number of nitrogens with zero attached hydrogens (tertiary/aromatic N) is 1. The summed E-state index contributed by atoms with van der Waals surface area (Å²) in [6, 6.07) is -0.626. The molecule has 0 aliphatic rings.